The number of carbonyl (C=O) groups excluding carboxylic acids is 3. The molecule has 1 aliphatic carbocycles. The van der Waals surface area contributed by atoms with E-state index in [0.29, 0.717) is 5.02 Å². The van der Waals surface area contributed by atoms with Crippen molar-refractivity contribution in [1.82, 2.24) is 15.8 Å². The van der Waals surface area contributed by atoms with Crippen LogP contribution in [0.3, 0.4) is 0 Å². The van der Waals surface area contributed by atoms with E-state index in [1.807, 2.05) is 0 Å². The number of nitrogens with one attached hydrogen (secondary N) is 3. The van der Waals surface area contributed by atoms with Gasteiger partial charge in [0, 0.05) is 23.7 Å². The average molecular weight is 409 g/mol. The number of amides is 3. The molecule has 3 amide bonds. The average Bonchev–Trinajstić information content (AvgIpc) is 2.91. The summed E-state index contributed by atoms with van der Waals surface area (Å²) in [6.45, 7) is 0.0928. The molecule has 2 aliphatic rings. The lowest BCUT2D eigenvalue weighted by Crippen LogP contribution is -2.45. The number of fused-ring (bicyclic) bond motifs is 1. The first-order valence-electron chi connectivity index (χ1n) is 8.92. The quantitative estimate of drug-likeness (QED) is 0.402. The molecule has 0 bridgehead atoms. The van der Waals surface area contributed by atoms with Gasteiger partial charge in [-0.1, -0.05) is 24.4 Å². The van der Waals surface area contributed by atoms with Gasteiger partial charge < -0.3 is 5.32 Å². The number of nitrogens with zero attached hydrogens (tertiary/aromatic N) is 1. The lowest BCUT2D eigenvalue weighted by molar-refractivity contribution is -0.140. The number of hydrazine groups is 1. The van der Waals surface area contributed by atoms with Crippen LogP contribution in [0.5, 0.6) is 0 Å². The van der Waals surface area contributed by atoms with E-state index in [2.05, 4.69) is 16.2 Å². The first-order chi connectivity index (χ1) is 13.0. The Kier molecular flexibility index (Phi) is 6.28. The maximum absolute atomic E-state index is 12.4. The second-order valence-corrected chi connectivity index (χ2v) is 7.55. The van der Waals surface area contributed by atoms with Crippen molar-refractivity contribution in [3.8, 4) is 0 Å². The summed E-state index contributed by atoms with van der Waals surface area (Å²) in [5, 5.41) is 3.72. The number of carbonyl (C=O) groups is 3. The topological polar surface area (TPSA) is 90.5 Å². The minimum Gasteiger partial charge on any atom is -0.331 e. The molecule has 2 fully saturated rings. The molecule has 1 heterocycles. The van der Waals surface area contributed by atoms with Crippen molar-refractivity contribution in [1.29, 1.82) is 0 Å². The van der Waals surface area contributed by atoms with Crippen molar-refractivity contribution in [3.05, 3.63) is 29.3 Å². The van der Waals surface area contributed by atoms with E-state index in [0.717, 1.165) is 31.4 Å². The lowest BCUT2D eigenvalue weighted by Gasteiger charge is -2.19. The van der Waals surface area contributed by atoms with Crippen LogP contribution in [0, 0.1) is 11.8 Å². The van der Waals surface area contributed by atoms with E-state index in [1.54, 1.807) is 24.3 Å². The normalized spacial score (nSPS) is 21.6. The molecule has 1 aromatic carbocycles. The highest BCUT2D eigenvalue weighted by Gasteiger charge is 2.47. The van der Waals surface area contributed by atoms with Crippen LogP contribution in [0.4, 0.5) is 5.69 Å². The highest BCUT2D eigenvalue weighted by Crippen LogP contribution is 2.37. The van der Waals surface area contributed by atoms with Crippen molar-refractivity contribution in [2.75, 3.05) is 11.9 Å². The Bertz CT molecular complexity index is 731. The van der Waals surface area contributed by atoms with Gasteiger partial charge in [-0.3, -0.25) is 30.1 Å². The van der Waals surface area contributed by atoms with Crippen LogP contribution in [-0.2, 0) is 14.4 Å². The Hall–Kier alpha value is -2.19. The van der Waals surface area contributed by atoms with Crippen LogP contribution in [-0.4, -0.2) is 34.3 Å². The molecule has 0 radical (unpaired) electrons. The van der Waals surface area contributed by atoms with Gasteiger partial charge in [0.1, 0.15) is 0 Å². The molecule has 1 saturated heterocycles. The zero-order valence-electron chi connectivity index (χ0n) is 14.7. The maximum atomic E-state index is 12.4. The Morgan fingerprint density at radius 2 is 1.67 bits per heavy atom. The molecule has 27 heavy (non-hydrogen) atoms. The Labute approximate surface area is 167 Å². The van der Waals surface area contributed by atoms with E-state index in [-0.39, 0.29) is 47.6 Å². The monoisotopic (exact) mass is 408 g/mol. The first kappa shape index (κ1) is 19.6. The van der Waals surface area contributed by atoms with E-state index in [4.69, 9.17) is 23.8 Å². The number of halogens is 1. The van der Waals surface area contributed by atoms with Gasteiger partial charge in [-0.25, -0.2) is 0 Å². The second-order valence-electron chi connectivity index (χ2n) is 6.71. The summed E-state index contributed by atoms with van der Waals surface area (Å²) in [6, 6.07) is 6.93. The summed E-state index contributed by atoms with van der Waals surface area (Å²) in [4.78, 5) is 38.0. The highest BCUT2D eigenvalue weighted by atomic mass is 35.5. The van der Waals surface area contributed by atoms with Crippen molar-refractivity contribution in [3.63, 3.8) is 0 Å². The molecule has 0 spiro atoms. The van der Waals surface area contributed by atoms with Crippen LogP contribution in [0.15, 0.2) is 24.3 Å². The number of rotatable bonds is 4. The third-order valence-corrected chi connectivity index (χ3v) is 5.37. The number of imide groups is 1. The van der Waals surface area contributed by atoms with Crippen molar-refractivity contribution < 1.29 is 14.4 Å². The molecule has 1 aliphatic heterocycles. The number of hydrogen-bond donors (Lipinski definition) is 3. The van der Waals surface area contributed by atoms with Gasteiger partial charge in [0.15, 0.2) is 5.11 Å². The fraction of sp³-hybridized carbons (Fsp3) is 0.444. The molecular weight excluding hydrogens is 388 g/mol. The molecular formula is C18H21ClN4O3S. The largest absolute Gasteiger partial charge is 0.331 e. The minimum absolute atomic E-state index is 0.0213. The predicted octanol–water partition coefficient (Wildman–Crippen LogP) is 2.22. The predicted molar refractivity (Wildman–Crippen MR) is 106 cm³/mol. The number of anilines is 1. The van der Waals surface area contributed by atoms with Gasteiger partial charge >= 0.3 is 0 Å². The second kappa shape index (κ2) is 8.67. The molecule has 1 aromatic rings. The summed E-state index contributed by atoms with van der Waals surface area (Å²) in [6.07, 6.45) is 3.52. The summed E-state index contributed by atoms with van der Waals surface area (Å²) >= 11 is 10.9. The molecule has 3 rings (SSSR count). The molecule has 144 valence electrons. The van der Waals surface area contributed by atoms with Crippen molar-refractivity contribution >= 4 is 52.3 Å². The zero-order chi connectivity index (χ0) is 19.4. The highest BCUT2D eigenvalue weighted by molar-refractivity contribution is 7.80. The standard InChI is InChI=1S/C18H21ClN4O3S/c19-11-5-7-12(8-6-11)20-18(27)22-21-15(24)9-10-23-16(25)13-3-1-2-4-14(13)17(23)26/h5-8,13-14H,1-4,9-10H2,(H,21,24)(H2,20,22,27)/t13-,14-/m0/s1. The van der Waals surface area contributed by atoms with E-state index < -0.39 is 0 Å². The van der Waals surface area contributed by atoms with Gasteiger partial charge in [0.2, 0.25) is 17.7 Å². The third-order valence-electron chi connectivity index (χ3n) is 4.91. The number of benzene rings is 1. The van der Waals surface area contributed by atoms with Crippen LogP contribution >= 0.6 is 23.8 Å². The molecule has 0 aromatic heterocycles. The maximum Gasteiger partial charge on any atom is 0.240 e. The van der Waals surface area contributed by atoms with Gasteiger partial charge in [-0.05, 0) is 49.3 Å². The molecule has 7 nitrogen and oxygen atoms in total. The number of likely N-dealkylation sites (tertiary alicyclic amines) is 1. The van der Waals surface area contributed by atoms with Gasteiger partial charge in [0.25, 0.3) is 0 Å². The van der Waals surface area contributed by atoms with Crippen LogP contribution in [0.1, 0.15) is 32.1 Å². The smallest absolute Gasteiger partial charge is 0.240 e. The van der Waals surface area contributed by atoms with Crippen molar-refractivity contribution in [2.45, 2.75) is 32.1 Å². The summed E-state index contributed by atoms with van der Waals surface area (Å²) in [5.74, 6) is -1.01. The van der Waals surface area contributed by atoms with Crippen molar-refractivity contribution in [2.24, 2.45) is 11.8 Å². The Morgan fingerprint density at radius 3 is 2.26 bits per heavy atom. The summed E-state index contributed by atoms with van der Waals surface area (Å²) in [5.41, 5.74) is 5.78. The number of hydrogen-bond acceptors (Lipinski definition) is 4. The van der Waals surface area contributed by atoms with E-state index in [9.17, 15) is 14.4 Å². The summed E-state index contributed by atoms with van der Waals surface area (Å²) in [7, 11) is 0. The van der Waals surface area contributed by atoms with Crippen LogP contribution in [0.25, 0.3) is 0 Å². The molecule has 2 atom stereocenters. The van der Waals surface area contributed by atoms with E-state index in [1.165, 1.54) is 4.90 Å². The van der Waals surface area contributed by atoms with Gasteiger partial charge in [-0.15, -0.1) is 0 Å². The molecule has 3 N–H and O–H groups in total. The Balaban J connectivity index is 1.42. The fourth-order valence-corrected chi connectivity index (χ4v) is 3.84. The first-order valence-corrected chi connectivity index (χ1v) is 9.71. The molecule has 1 saturated carbocycles. The van der Waals surface area contributed by atoms with Crippen LogP contribution in [0.2, 0.25) is 5.02 Å². The zero-order valence-corrected chi connectivity index (χ0v) is 16.2. The van der Waals surface area contributed by atoms with Crippen LogP contribution < -0.4 is 16.2 Å². The SMILES string of the molecule is O=C(CCN1C(=O)[C@H]2CCCC[C@@H]2C1=O)NNC(=S)Nc1ccc(Cl)cc1. The lowest BCUT2D eigenvalue weighted by atomic mass is 9.81. The minimum atomic E-state index is -0.356. The molecule has 9 heteroatoms. The van der Waals surface area contributed by atoms with Gasteiger partial charge in [0.05, 0.1) is 11.8 Å². The number of thiocarbonyl (C=S) groups is 1. The van der Waals surface area contributed by atoms with Gasteiger partial charge in [-0.2, -0.15) is 0 Å². The van der Waals surface area contributed by atoms with E-state index >= 15 is 0 Å². The Morgan fingerprint density at radius 1 is 1.07 bits per heavy atom. The third kappa shape index (κ3) is 4.75. The summed E-state index contributed by atoms with van der Waals surface area (Å²) < 4.78 is 0. The fourth-order valence-electron chi connectivity index (χ4n) is 3.55. The molecule has 0 unspecified atom stereocenters.